The number of methoxy groups -OCH3 is 1. The molecule has 0 bridgehead atoms. The Morgan fingerprint density at radius 3 is 3.21 bits per heavy atom. The van der Waals surface area contributed by atoms with Crippen LogP contribution in [0.3, 0.4) is 0 Å². The second kappa shape index (κ2) is 3.61. The molecular formula is C9H11ClN2O2. The molecule has 1 aliphatic heterocycles. The van der Waals surface area contributed by atoms with Crippen LogP contribution in [-0.2, 0) is 11.3 Å². The first-order chi connectivity index (χ1) is 6.72. The summed E-state index contributed by atoms with van der Waals surface area (Å²) in [6, 6.07) is 1.71. The molecular weight excluding hydrogens is 204 g/mol. The Kier molecular flexibility index (Phi) is 2.46. The van der Waals surface area contributed by atoms with E-state index < -0.39 is 5.97 Å². The molecule has 0 aliphatic carbocycles. The van der Waals surface area contributed by atoms with Crippen molar-refractivity contribution in [2.24, 2.45) is 0 Å². The van der Waals surface area contributed by atoms with Gasteiger partial charge in [0.2, 0.25) is 0 Å². The van der Waals surface area contributed by atoms with Crippen molar-refractivity contribution in [1.82, 2.24) is 9.78 Å². The SMILES string of the molecule is COC(=O)c1cc2n(n1)CCC[C@@H]2Cl. The van der Waals surface area contributed by atoms with Crippen LogP contribution in [0.1, 0.15) is 34.4 Å². The van der Waals surface area contributed by atoms with Crippen molar-refractivity contribution in [3.63, 3.8) is 0 Å². The summed E-state index contributed by atoms with van der Waals surface area (Å²) >= 11 is 6.10. The van der Waals surface area contributed by atoms with Gasteiger partial charge in [-0.1, -0.05) is 0 Å². The third-order valence-electron chi connectivity index (χ3n) is 2.35. The van der Waals surface area contributed by atoms with Gasteiger partial charge >= 0.3 is 5.97 Å². The molecule has 0 saturated heterocycles. The zero-order chi connectivity index (χ0) is 10.1. The van der Waals surface area contributed by atoms with Crippen molar-refractivity contribution in [2.75, 3.05) is 7.11 Å². The molecule has 0 spiro atoms. The zero-order valence-corrected chi connectivity index (χ0v) is 8.62. The van der Waals surface area contributed by atoms with E-state index in [1.807, 2.05) is 0 Å². The Balaban J connectivity index is 2.35. The lowest BCUT2D eigenvalue weighted by atomic mass is 10.1. The number of hydrogen-bond acceptors (Lipinski definition) is 3. The number of aromatic nitrogens is 2. The maximum Gasteiger partial charge on any atom is 0.358 e. The van der Waals surface area contributed by atoms with Gasteiger partial charge in [-0.25, -0.2) is 4.79 Å². The smallest absolute Gasteiger partial charge is 0.358 e. The van der Waals surface area contributed by atoms with Gasteiger partial charge in [0.1, 0.15) is 0 Å². The van der Waals surface area contributed by atoms with Crippen molar-refractivity contribution in [2.45, 2.75) is 24.8 Å². The highest BCUT2D eigenvalue weighted by Crippen LogP contribution is 2.30. The number of hydrogen-bond donors (Lipinski definition) is 0. The third kappa shape index (κ3) is 1.50. The Morgan fingerprint density at radius 1 is 1.79 bits per heavy atom. The van der Waals surface area contributed by atoms with Crippen LogP contribution >= 0.6 is 11.6 Å². The summed E-state index contributed by atoms with van der Waals surface area (Å²) in [6.07, 6.45) is 1.94. The van der Waals surface area contributed by atoms with Crippen LogP contribution < -0.4 is 0 Å². The number of nitrogens with zero attached hydrogens (tertiary/aromatic N) is 2. The van der Waals surface area contributed by atoms with E-state index in [4.69, 9.17) is 11.6 Å². The van der Waals surface area contributed by atoms with Gasteiger partial charge in [-0.3, -0.25) is 4.68 Å². The molecule has 1 aromatic rings. The molecule has 0 unspecified atom stereocenters. The predicted octanol–water partition coefficient (Wildman–Crippen LogP) is 1.74. The summed E-state index contributed by atoms with van der Waals surface area (Å²) in [5.41, 5.74) is 1.26. The van der Waals surface area contributed by atoms with Gasteiger partial charge in [0.05, 0.1) is 18.2 Å². The number of esters is 1. The molecule has 0 radical (unpaired) electrons. The molecule has 0 saturated carbocycles. The van der Waals surface area contributed by atoms with Crippen LogP contribution in [0.25, 0.3) is 0 Å². The first-order valence-corrected chi connectivity index (χ1v) is 4.96. The lowest BCUT2D eigenvalue weighted by Gasteiger charge is -2.17. The standard InChI is InChI=1S/C9H11ClN2O2/c1-14-9(13)7-5-8-6(10)3-2-4-12(8)11-7/h5-6H,2-4H2,1H3/t6-/m0/s1. The van der Waals surface area contributed by atoms with Gasteiger partial charge < -0.3 is 4.74 Å². The van der Waals surface area contributed by atoms with Crippen molar-refractivity contribution < 1.29 is 9.53 Å². The van der Waals surface area contributed by atoms with Gasteiger partial charge in [-0.05, 0) is 18.9 Å². The van der Waals surface area contributed by atoms with E-state index >= 15 is 0 Å². The zero-order valence-electron chi connectivity index (χ0n) is 7.86. The van der Waals surface area contributed by atoms with E-state index in [1.54, 1.807) is 10.7 Å². The fourth-order valence-corrected chi connectivity index (χ4v) is 1.96. The topological polar surface area (TPSA) is 44.1 Å². The molecule has 4 nitrogen and oxygen atoms in total. The Labute approximate surface area is 86.8 Å². The minimum Gasteiger partial charge on any atom is -0.464 e. The van der Waals surface area contributed by atoms with Gasteiger partial charge in [-0.15, -0.1) is 11.6 Å². The number of fused-ring (bicyclic) bond motifs is 1. The molecule has 14 heavy (non-hydrogen) atoms. The molecule has 1 aromatic heterocycles. The molecule has 1 atom stereocenters. The average molecular weight is 215 g/mol. The van der Waals surface area contributed by atoms with Crippen molar-refractivity contribution >= 4 is 17.6 Å². The van der Waals surface area contributed by atoms with E-state index in [-0.39, 0.29) is 5.38 Å². The highest BCUT2D eigenvalue weighted by Gasteiger charge is 2.22. The quantitative estimate of drug-likeness (QED) is 0.529. The highest BCUT2D eigenvalue weighted by atomic mass is 35.5. The van der Waals surface area contributed by atoms with Gasteiger partial charge in [0.25, 0.3) is 0 Å². The second-order valence-electron chi connectivity index (χ2n) is 3.28. The van der Waals surface area contributed by atoms with Gasteiger partial charge in [0, 0.05) is 6.54 Å². The molecule has 2 rings (SSSR count). The predicted molar refractivity (Wildman–Crippen MR) is 51.4 cm³/mol. The molecule has 0 amide bonds. The Morgan fingerprint density at radius 2 is 2.57 bits per heavy atom. The number of halogens is 1. The normalized spacial score (nSPS) is 20.3. The third-order valence-corrected chi connectivity index (χ3v) is 2.80. The maximum atomic E-state index is 11.2. The van der Waals surface area contributed by atoms with Crippen molar-refractivity contribution in [3.05, 3.63) is 17.5 Å². The first kappa shape index (κ1) is 9.52. The lowest BCUT2D eigenvalue weighted by Crippen LogP contribution is -2.13. The molecule has 0 N–H and O–H groups in total. The number of aryl methyl sites for hydroxylation is 1. The monoisotopic (exact) mass is 214 g/mol. The molecule has 0 fully saturated rings. The minimum absolute atomic E-state index is 0.0327. The fourth-order valence-electron chi connectivity index (χ4n) is 1.63. The summed E-state index contributed by atoms with van der Waals surface area (Å²) in [6.45, 7) is 0.829. The van der Waals surface area contributed by atoms with Crippen LogP contribution in [0.5, 0.6) is 0 Å². The Hall–Kier alpha value is -1.03. The van der Waals surface area contributed by atoms with Gasteiger partial charge in [-0.2, -0.15) is 5.10 Å². The number of rotatable bonds is 1. The van der Waals surface area contributed by atoms with Crippen LogP contribution in [0, 0.1) is 0 Å². The number of alkyl halides is 1. The van der Waals surface area contributed by atoms with Crippen LogP contribution in [0.4, 0.5) is 0 Å². The van der Waals surface area contributed by atoms with Crippen molar-refractivity contribution in [1.29, 1.82) is 0 Å². The highest BCUT2D eigenvalue weighted by molar-refractivity contribution is 6.20. The second-order valence-corrected chi connectivity index (χ2v) is 3.81. The summed E-state index contributed by atoms with van der Waals surface area (Å²) in [5.74, 6) is -0.407. The van der Waals surface area contributed by atoms with Gasteiger partial charge in [0.15, 0.2) is 5.69 Å². The summed E-state index contributed by atoms with van der Waals surface area (Å²) in [4.78, 5) is 11.2. The molecule has 76 valence electrons. The molecule has 0 aromatic carbocycles. The first-order valence-electron chi connectivity index (χ1n) is 4.52. The lowest BCUT2D eigenvalue weighted by molar-refractivity contribution is 0.0593. The van der Waals surface area contributed by atoms with E-state index in [0.29, 0.717) is 5.69 Å². The van der Waals surface area contributed by atoms with Crippen LogP contribution in [0.15, 0.2) is 6.07 Å². The molecule has 5 heteroatoms. The average Bonchev–Trinajstić information content (AvgIpc) is 2.62. The Bertz CT molecular complexity index is 362. The van der Waals surface area contributed by atoms with Crippen molar-refractivity contribution in [3.8, 4) is 0 Å². The maximum absolute atomic E-state index is 11.2. The van der Waals surface area contributed by atoms with Crippen LogP contribution in [0.2, 0.25) is 0 Å². The number of ether oxygens (including phenoxy) is 1. The van der Waals surface area contributed by atoms with E-state index in [9.17, 15) is 4.79 Å². The summed E-state index contributed by atoms with van der Waals surface area (Å²) in [5, 5.41) is 4.10. The minimum atomic E-state index is -0.407. The van der Waals surface area contributed by atoms with Crippen LogP contribution in [-0.4, -0.2) is 22.9 Å². The number of carbonyl (C=O) groups excluding carboxylic acids is 1. The van der Waals surface area contributed by atoms with E-state index in [2.05, 4.69) is 9.84 Å². The van der Waals surface area contributed by atoms with E-state index in [1.165, 1.54) is 7.11 Å². The number of carbonyl (C=O) groups is 1. The fraction of sp³-hybridized carbons (Fsp3) is 0.556. The molecule has 2 heterocycles. The largest absolute Gasteiger partial charge is 0.464 e. The summed E-state index contributed by atoms with van der Waals surface area (Å²) < 4.78 is 6.38. The molecule has 1 aliphatic rings. The van der Waals surface area contributed by atoms with E-state index in [0.717, 1.165) is 25.1 Å². The summed E-state index contributed by atoms with van der Waals surface area (Å²) in [7, 11) is 1.35.